The Labute approximate surface area is 166 Å². The fourth-order valence-corrected chi connectivity index (χ4v) is 4.36. The van der Waals surface area contributed by atoms with Crippen LogP contribution >= 0.6 is 0 Å². The van der Waals surface area contributed by atoms with Crippen LogP contribution < -0.4 is 5.32 Å². The van der Waals surface area contributed by atoms with Gasteiger partial charge in [-0.3, -0.25) is 19.2 Å². The van der Waals surface area contributed by atoms with Crippen molar-refractivity contribution in [3.8, 4) is 0 Å². The molecule has 2 amide bonds. The molecule has 0 spiro atoms. The molecule has 8 heteroatoms. The number of rotatable bonds is 4. The Kier molecular flexibility index (Phi) is 6.20. The van der Waals surface area contributed by atoms with E-state index in [0.717, 1.165) is 42.8 Å². The highest BCUT2D eigenvalue weighted by Crippen LogP contribution is 2.27. The molecule has 0 radical (unpaired) electrons. The van der Waals surface area contributed by atoms with Gasteiger partial charge in [-0.2, -0.15) is 5.10 Å². The number of amides is 2. The van der Waals surface area contributed by atoms with Crippen molar-refractivity contribution in [3.05, 3.63) is 23.0 Å². The standard InChI is InChI=1S/C20H31N5O3/c1-13-15(14(2)24(4)22-13)8-9-19(27)23(3)16-6-5-7-17(20(16)28)25-11-10-21-18(26)12-25/h8-9,16-17,20,28H,5-7,10-12H2,1-4H3,(H,21,26)/b9-8+/t16-,17-,20-/m1/s1. The van der Waals surface area contributed by atoms with Gasteiger partial charge >= 0.3 is 0 Å². The maximum atomic E-state index is 12.7. The van der Waals surface area contributed by atoms with Crippen molar-refractivity contribution in [1.29, 1.82) is 0 Å². The van der Waals surface area contributed by atoms with Crippen molar-refractivity contribution in [1.82, 2.24) is 24.9 Å². The number of carbonyl (C=O) groups is 2. The Morgan fingerprint density at radius 3 is 2.75 bits per heavy atom. The largest absolute Gasteiger partial charge is 0.389 e. The lowest BCUT2D eigenvalue weighted by Crippen LogP contribution is -2.60. The summed E-state index contributed by atoms with van der Waals surface area (Å²) in [4.78, 5) is 28.1. The number of hydrogen-bond acceptors (Lipinski definition) is 5. The first-order valence-electron chi connectivity index (χ1n) is 9.93. The number of likely N-dealkylation sites (N-methyl/N-ethyl adjacent to an activating group) is 1. The zero-order valence-corrected chi connectivity index (χ0v) is 17.2. The van der Waals surface area contributed by atoms with E-state index in [9.17, 15) is 14.7 Å². The number of hydrogen-bond donors (Lipinski definition) is 2. The average Bonchev–Trinajstić information content (AvgIpc) is 2.91. The third kappa shape index (κ3) is 4.12. The molecule has 0 aromatic carbocycles. The van der Waals surface area contributed by atoms with Gasteiger partial charge in [0.15, 0.2) is 0 Å². The van der Waals surface area contributed by atoms with Gasteiger partial charge in [0.25, 0.3) is 0 Å². The second kappa shape index (κ2) is 8.45. The minimum absolute atomic E-state index is 0.00449. The molecule has 1 saturated carbocycles. The minimum Gasteiger partial charge on any atom is -0.389 e. The summed E-state index contributed by atoms with van der Waals surface area (Å²) >= 11 is 0. The van der Waals surface area contributed by atoms with E-state index in [2.05, 4.69) is 10.4 Å². The Morgan fingerprint density at radius 1 is 1.36 bits per heavy atom. The van der Waals surface area contributed by atoms with Crippen molar-refractivity contribution in [2.75, 3.05) is 26.7 Å². The lowest BCUT2D eigenvalue weighted by molar-refractivity contribution is -0.135. The normalized spacial score (nSPS) is 26.5. The Morgan fingerprint density at radius 2 is 2.11 bits per heavy atom. The number of aliphatic hydroxyl groups is 1. The van der Waals surface area contributed by atoms with E-state index >= 15 is 0 Å². The summed E-state index contributed by atoms with van der Waals surface area (Å²) in [6.07, 6.45) is 5.23. The molecule has 8 nitrogen and oxygen atoms in total. The van der Waals surface area contributed by atoms with Crippen LogP contribution in [0.5, 0.6) is 0 Å². The summed E-state index contributed by atoms with van der Waals surface area (Å²) in [5.74, 6) is -0.140. The van der Waals surface area contributed by atoms with Crippen molar-refractivity contribution < 1.29 is 14.7 Å². The number of aryl methyl sites for hydroxylation is 2. The molecule has 1 saturated heterocycles. The van der Waals surface area contributed by atoms with Crippen LogP contribution in [-0.2, 0) is 16.6 Å². The fourth-order valence-electron chi connectivity index (χ4n) is 4.36. The van der Waals surface area contributed by atoms with Crippen LogP contribution in [0.2, 0.25) is 0 Å². The van der Waals surface area contributed by atoms with Gasteiger partial charge in [0.2, 0.25) is 11.8 Å². The quantitative estimate of drug-likeness (QED) is 0.719. The fraction of sp³-hybridized carbons (Fsp3) is 0.650. The lowest BCUT2D eigenvalue weighted by Gasteiger charge is -2.45. The molecule has 0 bridgehead atoms. The summed E-state index contributed by atoms with van der Waals surface area (Å²) in [5, 5.41) is 18.1. The molecule has 1 aliphatic carbocycles. The summed E-state index contributed by atoms with van der Waals surface area (Å²) in [6.45, 7) is 5.54. The van der Waals surface area contributed by atoms with Gasteiger partial charge in [-0.25, -0.2) is 0 Å². The average molecular weight is 390 g/mol. The van der Waals surface area contributed by atoms with Crippen molar-refractivity contribution >= 4 is 17.9 Å². The van der Waals surface area contributed by atoms with Crippen LogP contribution in [0.3, 0.4) is 0 Å². The van der Waals surface area contributed by atoms with Gasteiger partial charge in [0.1, 0.15) is 0 Å². The molecule has 2 aliphatic rings. The Bertz CT molecular complexity index is 772. The maximum Gasteiger partial charge on any atom is 0.246 e. The minimum atomic E-state index is -0.663. The lowest BCUT2D eigenvalue weighted by atomic mass is 9.86. The molecule has 154 valence electrons. The second-order valence-corrected chi connectivity index (χ2v) is 7.87. The molecule has 2 fully saturated rings. The van der Waals surface area contributed by atoms with Gasteiger partial charge in [0.05, 0.1) is 24.4 Å². The van der Waals surface area contributed by atoms with E-state index in [0.29, 0.717) is 13.1 Å². The van der Waals surface area contributed by atoms with Crippen LogP contribution in [0.1, 0.15) is 36.2 Å². The van der Waals surface area contributed by atoms with E-state index in [4.69, 9.17) is 0 Å². The highest BCUT2D eigenvalue weighted by Gasteiger charge is 2.39. The van der Waals surface area contributed by atoms with Gasteiger partial charge in [-0.15, -0.1) is 0 Å². The number of nitrogens with zero attached hydrogens (tertiary/aromatic N) is 4. The van der Waals surface area contributed by atoms with Gasteiger partial charge in [-0.05, 0) is 39.2 Å². The third-order valence-electron chi connectivity index (χ3n) is 6.13. The van der Waals surface area contributed by atoms with Crippen LogP contribution in [0.15, 0.2) is 6.08 Å². The van der Waals surface area contributed by atoms with Gasteiger partial charge < -0.3 is 15.3 Å². The third-order valence-corrected chi connectivity index (χ3v) is 6.13. The number of aromatic nitrogens is 2. The monoisotopic (exact) mass is 389 g/mol. The highest BCUT2D eigenvalue weighted by molar-refractivity contribution is 5.92. The van der Waals surface area contributed by atoms with Crippen LogP contribution in [0.25, 0.3) is 6.08 Å². The predicted octanol–water partition coefficient (Wildman–Crippen LogP) is 0.222. The van der Waals surface area contributed by atoms with Gasteiger partial charge in [-0.1, -0.05) is 0 Å². The molecule has 2 N–H and O–H groups in total. The van der Waals surface area contributed by atoms with E-state index < -0.39 is 6.10 Å². The molecular formula is C20H31N5O3. The molecule has 28 heavy (non-hydrogen) atoms. The Balaban J connectivity index is 1.68. The van der Waals surface area contributed by atoms with E-state index in [1.54, 1.807) is 28.8 Å². The van der Waals surface area contributed by atoms with Crippen LogP contribution in [-0.4, -0.2) is 81.4 Å². The van der Waals surface area contributed by atoms with Crippen molar-refractivity contribution in [2.24, 2.45) is 7.05 Å². The smallest absolute Gasteiger partial charge is 0.246 e. The molecule has 2 heterocycles. The predicted molar refractivity (Wildman–Crippen MR) is 107 cm³/mol. The molecule has 0 unspecified atom stereocenters. The number of piperazine rings is 1. The highest BCUT2D eigenvalue weighted by atomic mass is 16.3. The number of aliphatic hydroxyl groups excluding tert-OH is 1. The molecule has 1 aromatic heterocycles. The van der Waals surface area contributed by atoms with Crippen LogP contribution in [0.4, 0.5) is 0 Å². The first-order chi connectivity index (χ1) is 13.3. The molecule has 3 rings (SSSR count). The summed E-state index contributed by atoms with van der Waals surface area (Å²) < 4.78 is 1.80. The van der Waals surface area contributed by atoms with Crippen LogP contribution in [0, 0.1) is 13.8 Å². The topological polar surface area (TPSA) is 90.7 Å². The summed E-state index contributed by atoms with van der Waals surface area (Å²) in [7, 11) is 3.63. The zero-order valence-electron chi connectivity index (χ0n) is 17.2. The van der Waals surface area contributed by atoms with Crippen molar-refractivity contribution in [3.63, 3.8) is 0 Å². The molecule has 3 atom stereocenters. The van der Waals surface area contributed by atoms with E-state index in [1.165, 1.54) is 0 Å². The molecule has 1 aromatic rings. The first kappa shape index (κ1) is 20.5. The summed E-state index contributed by atoms with van der Waals surface area (Å²) in [6, 6.07) is -0.344. The molecule has 1 aliphatic heterocycles. The first-order valence-corrected chi connectivity index (χ1v) is 9.93. The molecular weight excluding hydrogens is 358 g/mol. The second-order valence-electron chi connectivity index (χ2n) is 7.87. The number of carbonyl (C=O) groups excluding carboxylic acids is 2. The zero-order chi connectivity index (χ0) is 20.4. The Hall–Kier alpha value is -2.19. The van der Waals surface area contributed by atoms with E-state index in [-0.39, 0.29) is 23.9 Å². The van der Waals surface area contributed by atoms with Gasteiger partial charge in [0, 0.05) is 50.6 Å². The van der Waals surface area contributed by atoms with E-state index in [1.807, 2.05) is 25.8 Å². The SMILES string of the molecule is Cc1nn(C)c(C)c1/C=C/C(=O)N(C)[C@@H]1CCC[C@@H](N2CCNC(=O)C2)[C@@H]1O. The number of nitrogens with one attached hydrogen (secondary N) is 1. The van der Waals surface area contributed by atoms with Crippen molar-refractivity contribution in [2.45, 2.75) is 51.3 Å². The summed E-state index contributed by atoms with van der Waals surface area (Å²) in [5.41, 5.74) is 2.84. The maximum absolute atomic E-state index is 12.7.